The van der Waals surface area contributed by atoms with Crippen LogP contribution in [-0.4, -0.2) is 26.5 Å². The molecule has 0 radical (unpaired) electrons. The van der Waals surface area contributed by atoms with Crippen LogP contribution in [0.1, 0.15) is 29.2 Å². The molecule has 0 spiro atoms. The van der Waals surface area contributed by atoms with E-state index in [-0.39, 0.29) is 18.4 Å². The molecule has 1 unspecified atom stereocenters. The highest BCUT2D eigenvalue weighted by Gasteiger charge is 2.19. The van der Waals surface area contributed by atoms with Crippen LogP contribution in [0.15, 0.2) is 79.1 Å². The van der Waals surface area contributed by atoms with Gasteiger partial charge in [0.15, 0.2) is 0 Å². The summed E-state index contributed by atoms with van der Waals surface area (Å²) in [4.78, 5) is 28.4. The SMILES string of the molecule is Cc1ccc(CC(=O)Nc2ccc3c(c2)ncn3C(CC(=O)O)c2ccccc2)cc1. The van der Waals surface area contributed by atoms with Gasteiger partial charge in [-0.2, -0.15) is 0 Å². The highest BCUT2D eigenvalue weighted by atomic mass is 16.4. The molecular formula is C25H23N3O3. The second kappa shape index (κ2) is 8.83. The molecule has 31 heavy (non-hydrogen) atoms. The Kier molecular flexibility index (Phi) is 5.80. The third kappa shape index (κ3) is 4.80. The quantitative estimate of drug-likeness (QED) is 0.464. The number of carboxylic acids is 1. The largest absolute Gasteiger partial charge is 0.481 e. The molecule has 0 saturated carbocycles. The summed E-state index contributed by atoms with van der Waals surface area (Å²) < 4.78 is 1.87. The number of imidazole rings is 1. The van der Waals surface area contributed by atoms with Crippen molar-refractivity contribution in [1.29, 1.82) is 0 Å². The number of carbonyl (C=O) groups is 2. The number of aryl methyl sites for hydroxylation is 1. The molecule has 0 aliphatic carbocycles. The molecule has 1 amide bonds. The zero-order chi connectivity index (χ0) is 21.8. The number of rotatable bonds is 7. The van der Waals surface area contributed by atoms with Crippen LogP contribution in [0.5, 0.6) is 0 Å². The summed E-state index contributed by atoms with van der Waals surface area (Å²) >= 11 is 0. The van der Waals surface area contributed by atoms with Gasteiger partial charge in [-0.05, 0) is 36.2 Å². The maximum atomic E-state index is 12.4. The van der Waals surface area contributed by atoms with Gasteiger partial charge in [0.25, 0.3) is 0 Å². The number of aromatic nitrogens is 2. The summed E-state index contributed by atoms with van der Waals surface area (Å²) in [5.74, 6) is -0.980. The first-order valence-electron chi connectivity index (χ1n) is 10.1. The molecule has 6 nitrogen and oxygen atoms in total. The molecule has 2 N–H and O–H groups in total. The first-order valence-corrected chi connectivity index (χ1v) is 10.1. The van der Waals surface area contributed by atoms with Crippen molar-refractivity contribution < 1.29 is 14.7 Å². The van der Waals surface area contributed by atoms with Gasteiger partial charge < -0.3 is 15.0 Å². The Labute approximate surface area is 180 Å². The summed E-state index contributed by atoms with van der Waals surface area (Å²) in [5.41, 5.74) is 5.17. The van der Waals surface area contributed by atoms with E-state index < -0.39 is 5.97 Å². The normalized spacial score (nSPS) is 11.9. The Morgan fingerprint density at radius 3 is 2.48 bits per heavy atom. The van der Waals surface area contributed by atoms with E-state index in [1.165, 1.54) is 0 Å². The first-order chi connectivity index (χ1) is 15.0. The van der Waals surface area contributed by atoms with E-state index in [0.717, 1.165) is 22.2 Å². The van der Waals surface area contributed by atoms with E-state index in [0.29, 0.717) is 17.6 Å². The van der Waals surface area contributed by atoms with Gasteiger partial charge >= 0.3 is 5.97 Å². The van der Waals surface area contributed by atoms with E-state index in [2.05, 4.69) is 10.3 Å². The lowest BCUT2D eigenvalue weighted by Crippen LogP contribution is -2.15. The minimum Gasteiger partial charge on any atom is -0.481 e. The fraction of sp³-hybridized carbons (Fsp3) is 0.160. The molecule has 3 aromatic carbocycles. The molecule has 4 rings (SSSR count). The van der Waals surface area contributed by atoms with Crippen LogP contribution in [0.4, 0.5) is 5.69 Å². The molecule has 1 atom stereocenters. The smallest absolute Gasteiger partial charge is 0.305 e. The van der Waals surface area contributed by atoms with Crippen molar-refractivity contribution in [3.63, 3.8) is 0 Å². The van der Waals surface area contributed by atoms with E-state index >= 15 is 0 Å². The van der Waals surface area contributed by atoms with Crippen LogP contribution < -0.4 is 5.32 Å². The van der Waals surface area contributed by atoms with Crippen molar-refractivity contribution in [2.75, 3.05) is 5.32 Å². The van der Waals surface area contributed by atoms with Crippen LogP contribution >= 0.6 is 0 Å². The lowest BCUT2D eigenvalue weighted by atomic mass is 10.0. The molecule has 0 fully saturated rings. The van der Waals surface area contributed by atoms with Crippen LogP contribution in [0.3, 0.4) is 0 Å². The average Bonchev–Trinajstić information content (AvgIpc) is 3.17. The van der Waals surface area contributed by atoms with Crippen LogP contribution in [-0.2, 0) is 16.0 Å². The second-order valence-electron chi connectivity index (χ2n) is 7.59. The van der Waals surface area contributed by atoms with Crippen molar-refractivity contribution in [1.82, 2.24) is 9.55 Å². The van der Waals surface area contributed by atoms with Crippen molar-refractivity contribution in [3.05, 3.63) is 95.8 Å². The molecule has 6 heteroatoms. The number of aliphatic carboxylic acids is 1. The summed E-state index contributed by atoms with van der Waals surface area (Å²) in [7, 11) is 0. The molecule has 4 aromatic rings. The van der Waals surface area contributed by atoms with Gasteiger partial charge in [-0.3, -0.25) is 9.59 Å². The van der Waals surface area contributed by atoms with Gasteiger partial charge in [0.2, 0.25) is 5.91 Å². The summed E-state index contributed by atoms with van der Waals surface area (Å²) in [6.45, 7) is 2.01. The fourth-order valence-corrected chi connectivity index (χ4v) is 3.67. The number of nitrogens with zero attached hydrogens (tertiary/aromatic N) is 2. The standard InChI is InChI=1S/C25H23N3O3/c1-17-7-9-18(10-8-17)13-24(29)27-20-11-12-22-21(14-20)26-16-28(22)23(15-25(30)31)19-5-3-2-4-6-19/h2-12,14,16,23H,13,15H2,1H3,(H,27,29)(H,30,31). The van der Waals surface area contributed by atoms with Gasteiger partial charge in [-0.25, -0.2) is 4.98 Å². The Bertz CT molecular complexity index is 1210. The fourth-order valence-electron chi connectivity index (χ4n) is 3.67. The third-order valence-corrected chi connectivity index (χ3v) is 5.23. The number of anilines is 1. The molecule has 156 valence electrons. The minimum atomic E-state index is -0.879. The van der Waals surface area contributed by atoms with Gasteiger partial charge in [0, 0.05) is 5.69 Å². The van der Waals surface area contributed by atoms with Crippen molar-refractivity contribution in [3.8, 4) is 0 Å². The lowest BCUT2D eigenvalue weighted by molar-refractivity contribution is -0.137. The zero-order valence-electron chi connectivity index (χ0n) is 17.2. The highest BCUT2D eigenvalue weighted by molar-refractivity contribution is 5.94. The van der Waals surface area contributed by atoms with Gasteiger partial charge in [0.05, 0.1) is 36.2 Å². The van der Waals surface area contributed by atoms with Crippen molar-refractivity contribution in [2.24, 2.45) is 0 Å². The van der Waals surface area contributed by atoms with Gasteiger partial charge in [-0.15, -0.1) is 0 Å². The number of hydrogen-bond donors (Lipinski definition) is 2. The average molecular weight is 413 g/mol. The lowest BCUT2D eigenvalue weighted by Gasteiger charge is -2.18. The predicted molar refractivity (Wildman–Crippen MR) is 120 cm³/mol. The molecule has 1 heterocycles. The number of benzene rings is 3. The van der Waals surface area contributed by atoms with Crippen molar-refractivity contribution in [2.45, 2.75) is 25.8 Å². The molecular weight excluding hydrogens is 390 g/mol. The third-order valence-electron chi connectivity index (χ3n) is 5.23. The Morgan fingerprint density at radius 2 is 1.77 bits per heavy atom. The second-order valence-corrected chi connectivity index (χ2v) is 7.59. The van der Waals surface area contributed by atoms with Gasteiger partial charge in [0.1, 0.15) is 0 Å². The molecule has 0 saturated heterocycles. The van der Waals surface area contributed by atoms with E-state index in [4.69, 9.17) is 0 Å². The number of carbonyl (C=O) groups excluding carboxylic acids is 1. The number of hydrogen-bond acceptors (Lipinski definition) is 3. The van der Waals surface area contributed by atoms with Crippen molar-refractivity contribution >= 4 is 28.6 Å². The zero-order valence-corrected chi connectivity index (χ0v) is 17.2. The highest BCUT2D eigenvalue weighted by Crippen LogP contribution is 2.28. The van der Waals surface area contributed by atoms with E-state index in [1.54, 1.807) is 6.33 Å². The van der Waals surface area contributed by atoms with Crippen LogP contribution in [0.25, 0.3) is 11.0 Å². The summed E-state index contributed by atoms with van der Waals surface area (Å²) in [6, 6.07) is 22.5. The van der Waals surface area contributed by atoms with Crippen LogP contribution in [0, 0.1) is 6.92 Å². The van der Waals surface area contributed by atoms with Gasteiger partial charge in [-0.1, -0.05) is 60.2 Å². The molecule has 0 aliphatic heterocycles. The Balaban J connectivity index is 1.56. The molecule has 0 bridgehead atoms. The Hall–Kier alpha value is -3.93. The van der Waals surface area contributed by atoms with E-state index in [9.17, 15) is 14.7 Å². The first kappa shape index (κ1) is 20.3. The number of carboxylic acid groups (broad SMARTS) is 1. The topological polar surface area (TPSA) is 84.2 Å². The predicted octanol–water partition coefficient (Wildman–Crippen LogP) is 4.59. The maximum Gasteiger partial charge on any atom is 0.305 e. The number of fused-ring (bicyclic) bond motifs is 1. The molecule has 0 aliphatic rings. The molecule has 1 aromatic heterocycles. The monoisotopic (exact) mass is 413 g/mol. The summed E-state index contributed by atoms with van der Waals surface area (Å²) in [5, 5.41) is 12.3. The summed E-state index contributed by atoms with van der Waals surface area (Å²) in [6.07, 6.45) is 1.90. The van der Waals surface area contributed by atoms with E-state index in [1.807, 2.05) is 84.3 Å². The minimum absolute atomic E-state index is 0.0511. The Morgan fingerprint density at radius 1 is 1.03 bits per heavy atom. The maximum absolute atomic E-state index is 12.4. The van der Waals surface area contributed by atoms with Crippen LogP contribution in [0.2, 0.25) is 0 Å². The number of nitrogens with one attached hydrogen (secondary N) is 1. The number of amides is 1.